The van der Waals surface area contributed by atoms with E-state index in [-0.39, 0.29) is 6.54 Å². The third-order valence-corrected chi connectivity index (χ3v) is 6.47. The quantitative estimate of drug-likeness (QED) is 0.696. The van der Waals surface area contributed by atoms with Crippen LogP contribution >= 0.6 is 0 Å². The number of ether oxygens (including phenoxy) is 2. The number of hydrogen-bond acceptors (Lipinski definition) is 5. The topological polar surface area (TPSA) is 72.9 Å². The summed E-state index contributed by atoms with van der Waals surface area (Å²) in [6.07, 6.45) is 2.45. The van der Waals surface area contributed by atoms with Gasteiger partial charge in [-0.1, -0.05) is 48.5 Å². The Hall–Kier alpha value is -2.64. The molecular weight excluding hydrogens is 378 g/mol. The number of rotatable bonds is 6. The van der Waals surface area contributed by atoms with Crippen molar-refractivity contribution in [2.45, 2.75) is 6.42 Å². The molecule has 148 valence electrons. The monoisotopic (exact) mass is 401 g/mol. The highest BCUT2D eigenvalue weighted by atomic mass is 32.2. The van der Waals surface area contributed by atoms with E-state index in [9.17, 15) is 13.2 Å². The fourth-order valence-electron chi connectivity index (χ4n) is 3.21. The molecule has 28 heavy (non-hydrogen) atoms. The van der Waals surface area contributed by atoms with Gasteiger partial charge in [0.05, 0.1) is 14.2 Å². The van der Waals surface area contributed by atoms with Gasteiger partial charge in [0.2, 0.25) is 10.0 Å². The summed E-state index contributed by atoms with van der Waals surface area (Å²) in [6.45, 7) is 0.561. The van der Waals surface area contributed by atoms with Crippen molar-refractivity contribution in [1.82, 2.24) is 4.31 Å². The molecule has 0 fully saturated rings. The van der Waals surface area contributed by atoms with Crippen LogP contribution in [0.2, 0.25) is 0 Å². The first kappa shape index (κ1) is 20.1. The van der Waals surface area contributed by atoms with Gasteiger partial charge < -0.3 is 9.47 Å². The minimum absolute atomic E-state index is 0.234. The molecule has 6 nitrogen and oxygen atoms in total. The van der Waals surface area contributed by atoms with Crippen molar-refractivity contribution in [3.05, 3.63) is 60.2 Å². The van der Waals surface area contributed by atoms with Crippen LogP contribution in [0.5, 0.6) is 5.75 Å². The molecule has 0 radical (unpaired) electrons. The maximum atomic E-state index is 12.3. The number of nitrogens with zero attached hydrogens (tertiary/aromatic N) is 1. The minimum Gasteiger partial charge on any atom is -0.496 e. The third kappa shape index (κ3) is 4.43. The highest BCUT2D eigenvalue weighted by Crippen LogP contribution is 2.34. The van der Waals surface area contributed by atoms with E-state index >= 15 is 0 Å². The smallest absolute Gasteiger partial charge is 0.322 e. The van der Waals surface area contributed by atoms with Crippen LogP contribution in [0, 0.1) is 0 Å². The van der Waals surface area contributed by atoms with E-state index in [1.165, 1.54) is 11.4 Å². The summed E-state index contributed by atoms with van der Waals surface area (Å²) in [5.41, 5.74) is 4.14. The van der Waals surface area contributed by atoms with Gasteiger partial charge in [0.25, 0.3) is 0 Å². The Labute approximate surface area is 165 Å². The fraction of sp³-hybridized carbons (Fsp3) is 0.286. The Morgan fingerprint density at radius 1 is 1.07 bits per heavy atom. The van der Waals surface area contributed by atoms with Crippen LogP contribution in [0.3, 0.4) is 0 Å². The van der Waals surface area contributed by atoms with Crippen LogP contribution in [0.15, 0.2) is 54.6 Å². The average Bonchev–Trinajstić information content (AvgIpc) is 2.73. The Morgan fingerprint density at radius 3 is 2.43 bits per heavy atom. The number of benzene rings is 2. The largest absolute Gasteiger partial charge is 0.496 e. The molecule has 7 heteroatoms. The van der Waals surface area contributed by atoms with Gasteiger partial charge in [-0.2, -0.15) is 4.31 Å². The summed E-state index contributed by atoms with van der Waals surface area (Å²) in [7, 11) is -0.846. The third-order valence-electron chi connectivity index (χ3n) is 4.75. The molecule has 1 aliphatic rings. The van der Waals surface area contributed by atoms with Crippen LogP contribution in [-0.2, 0) is 19.6 Å². The minimum atomic E-state index is -3.67. The molecule has 1 heterocycles. The molecule has 0 spiro atoms. The predicted octanol–water partition coefficient (Wildman–Crippen LogP) is 2.95. The van der Waals surface area contributed by atoms with Crippen LogP contribution in [0.4, 0.5) is 0 Å². The second-order valence-corrected chi connectivity index (χ2v) is 8.42. The van der Waals surface area contributed by atoms with Crippen LogP contribution < -0.4 is 4.74 Å². The van der Waals surface area contributed by atoms with Crippen molar-refractivity contribution in [3.8, 4) is 16.9 Å². The Kier molecular flexibility index (Phi) is 6.16. The summed E-state index contributed by atoms with van der Waals surface area (Å²) in [6, 6.07) is 16.0. The number of sulfonamides is 1. The Bertz CT molecular complexity index is 983. The number of methoxy groups -OCH3 is 2. The second-order valence-electron chi connectivity index (χ2n) is 6.45. The molecule has 2 aromatic rings. The van der Waals surface area contributed by atoms with Crippen molar-refractivity contribution >= 4 is 21.6 Å². The van der Waals surface area contributed by atoms with E-state index in [4.69, 9.17) is 4.74 Å². The van der Waals surface area contributed by atoms with Gasteiger partial charge in [0.1, 0.15) is 5.75 Å². The molecule has 0 bridgehead atoms. The van der Waals surface area contributed by atoms with Crippen molar-refractivity contribution < 1.29 is 22.7 Å². The molecular formula is C21H23NO5S. The molecule has 2 aromatic carbocycles. The van der Waals surface area contributed by atoms with Crippen molar-refractivity contribution in [2.24, 2.45) is 0 Å². The molecule has 0 aromatic heterocycles. The first-order valence-electron chi connectivity index (χ1n) is 8.92. The standard InChI is InChI=1S/C21H23NO5S/c1-26-20-14-18(8-9-19(20)17-6-4-3-5-7-17)16-10-12-22(13-11-16)28(24,25)15-21(23)27-2/h3-10,14H,11-13,15H2,1-2H3. The molecule has 0 aliphatic carbocycles. The van der Waals surface area contributed by atoms with E-state index in [0.29, 0.717) is 13.0 Å². The highest BCUT2D eigenvalue weighted by Gasteiger charge is 2.27. The SMILES string of the molecule is COC(=O)CS(=O)(=O)N1CC=C(c2ccc(-c3ccccc3)c(OC)c2)CC1. The maximum absolute atomic E-state index is 12.3. The summed E-state index contributed by atoms with van der Waals surface area (Å²) in [5, 5.41) is 0. The van der Waals surface area contributed by atoms with Gasteiger partial charge in [-0.25, -0.2) is 8.42 Å². The molecule has 0 atom stereocenters. The number of carbonyl (C=O) groups excluding carboxylic acids is 1. The van der Waals surface area contributed by atoms with Gasteiger partial charge >= 0.3 is 5.97 Å². The van der Waals surface area contributed by atoms with Gasteiger partial charge in [-0.3, -0.25) is 4.79 Å². The Balaban J connectivity index is 1.80. The molecule has 0 unspecified atom stereocenters. The maximum Gasteiger partial charge on any atom is 0.322 e. The van der Waals surface area contributed by atoms with Crippen molar-refractivity contribution in [2.75, 3.05) is 33.1 Å². The summed E-state index contributed by atoms with van der Waals surface area (Å²) >= 11 is 0. The molecule has 0 amide bonds. The zero-order valence-electron chi connectivity index (χ0n) is 15.9. The zero-order chi connectivity index (χ0) is 20.1. The van der Waals surface area contributed by atoms with E-state index in [1.54, 1.807) is 7.11 Å². The normalized spacial score (nSPS) is 15.0. The van der Waals surface area contributed by atoms with Crippen LogP contribution in [0.1, 0.15) is 12.0 Å². The second kappa shape index (κ2) is 8.58. The van der Waals surface area contributed by atoms with Crippen LogP contribution in [-0.4, -0.2) is 51.8 Å². The molecule has 0 saturated carbocycles. The lowest BCUT2D eigenvalue weighted by Crippen LogP contribution is -2.38. The molecule has 1 aliphatic heterocycles. The van der Waals surface area contributed by atoms with Crippen molar-refractivity contribution in [3.63, 3.8) is 0 Å². The number of hydrogen-bond donors (Lipinski definition) is 0. The Morgan fingerprint density at radius 2 is 1.82 bits per heavy atom. The summed E-state index contributed by atoms with van der Waals surface area (Å²) < 4.78 is 35.9. The lowest BCUT2D eigenvalue weighted by atomic mass is 9.96. The van der Waals surface area contributed by atoms with Crippen LogP contribution in [0.25, 0.3) is 16.7 Å². The first-order chi connectivity index (χ1) is 13.4. The molecule has 3 rings (SSSR count). The van der Waals surface area contributed by atoms with E-state index in [2.05, 4.69) is 4.74 Å². The van der Waals surface area contributed by atoms with Gasteiger partial charge in [0.15, 0.2) is 5.75 Å². The predicted molar refractivity (Wildman–Crippen MR) is 108 cm³/mol. The molecule has 0 saturated heterocycles. The van der Waals surface area contributed by atoms with Gasteiger partial charge in [-0.15, -0.1) is 0 Å². The number of carbonyl (C=O) groups is 1. The van der Waals surface area contributed by atoms with E-state index in [1.807, 2.05) is 54.6 Å². The number of esters is 1. The fourth-order valence-corrected chi connectivity index (χ4v) is 4.48. The average molecular weight is 401 g/mol. The summed E-state index contributed by atoms with van der Waals surface area (Å²) in [4.78, 5) is 11.3. The van der Waals surface area contributed by atoms with E-state index < -0.39 is 21.7 Å². The van der Waals surface area contributed by atoms with Gasteiger partial charge in [-0.05, 0) is 29.2 Å². The lowest BCUT2D eigenvalue weighted by molar-refractivity contribution is -0.137. The van der Waals surface area contributed by atoms with E-state index in [0.717, 1.165) is 28.0 Å². The van der Waals surface area contributed by atoms with Crippen molar-refractivity contribution in [1.29, 1.82) is 0 Å². The lowest BCUT2D eigenvalue weighted by Gasteiger charge is -2.25. The van der Waals surface area contributed by atoms with Gasteiger partial charge in [0, 0.05) is 18.7 Å². The first-order valence-corrected chi connectivity index (χ1v) is 10.5. The highest BCUT2D eigenvalue weighted by molar-refractivity contribution is 7.89. The molecule has 0 N–H and O–H groups in total. The summed E-state index contributed by atoms with van der Waals surface area (Å²) in [5.74, 6) is -0.618. The zero-order valence-corrected chi connectivity index (χ0v) is 16.7.